The van der Waals surface area contributed by atoms with Gasteiger partial charge in [-0.1, -0.05) is 20.3 Å². The fraction of sp³-hybridized carbons (Fsp3) is 0.615. The summed E-state index contributed by atoms with van der Waals surface area (Å²) in [5, 5.41) is 8.85. The largest absolute Gasteiger partial charge is 0.475 e. The van der Waals surface area contributed by atoms with E-state index in [1.54, 1.807) is 6.07 Å². The van der Waals surface area contributed by atoms with Crippen molar-refractivity contribution >= 4 is 5.97 Å². The molecule has 1 N–H and O–H groups in total. The van der Waals surface area contributed by atoms with Crippen molar-refractivity contribution in [3.05, 3.63) is 23.2 Å². The normalized spacial score (nSPS) is 11.1. The Morgan fingerprint density at radius 3 is 2.65 bits per heavy atom. The lowest BCUT2D eigenvalue weighted by Gasteiger charge is -2.19. The summed E-state index contributed by atoms with van der Waals surface area (Å²) in [5.74, 6) is -0.266. The second-order valence-electron chi connectivity index (χ2n) is 4.22. The van der Waals surface area contributed by atoms with E-state index < -0.39 is 5.97 Å². The Labute approximate surface area is 102 Å². The maximum Gasteiger partial charge on any atom is 0.371 e. The molecule has 0 bridgehead atoms. The van der Waals surface area contributed by atoms with E-state index in [4.69, 9.17) is 9.52 Å². The highest BCUT2D eigenvalue weighted by Gasteiger charge is 2.14. The SMILES string of the molecule is CCCCN(CC)Cc1cc(C(=O)O)oc1C. The quantitative estimate of drug-likeness (QED) is 0.795. The van der Waals surface area contributed by atoms with Gasteiger partial charge >= 0.3 is 5.97 Å². The third kappa shape index (κ3) is 3.89. The molecule has 1 aromatic heterocycles. The zero-order valence-corrected chi connectivity index (χ0v) is 10.8. The number of carbonyl (C=O) groups is 1. The van der Waals surface area contributed by atoms with E-state index in [1.807, 2.05) is 6.92 Å². The molecule has 4 heteroatoms. The Hall–Kier alpha value is -1.29. The minimum absolute atomic E-state index is 0.0315. The fourth-order valence-electron chi connectivity index (χ4n) is 1.75. The van der Waals surface area contributed by atoms with Crippen molar-refractivity contribution in [1.29, 1.82) is 0 Å². The first-order valence-corrected chi connectivity index (χ1v) is 6.13. The smallest absolute Gasteiger partial charge is 0.371 e. The van der Waals surface area contributed by atoms with Gasteiger partial charge in [-0.3, -0.25) is 4.90 Å². The van der Waals surface area contributed by atoms with E-state index in [0.717, 1.165) is 31.6 Å². The molecule has 0 unspecified atom stereocenters. The van der Waals surface area contributed by atoms with Crippen molar-refractivity contribution in [2.45, 2.75) is 40.2 Å². The minimum atomic E-state index is -1.00. The summed E-state index contributed by atoms with van der Waals surface area (Å²) in [4.78, 5) is 13.1. The molecule has 4 nitrogen and oxygen atoms in total. The van der Waals surface area contributed by atoms with Crippen molar-refractivity contribution in [2.24, 2.45) is 0 Å². The van der Waals surface area contributed by atoms with Gasteiger partial charge in [0.25, 0.3) is 0 Å². The molecular weight excluding hydrogens is 218 g/mol. The maximum atomic E-state index is 10.8. The van der Waals surface area contributed by atoms with Crippen LogP contribution in [0.1, 0.15) is 48.6 Å². The first-order valence-electron chi connectivity index (χ1n) is 6.13. The molecule has 0 spiro atoms. The predicted octanol–water partition coefficient (Wildman–Crippen LogP) is 2.91. The minimum Gasteiger partial charge on any atom is -0.475 e. The van der Waals surface area contributed by atoms with Gasteiger partial charge in [-0.2, -0.15) is 0 Å². The van der Waals surface area contributed by atoms with Crippen LogP contribution in [0, 0.1) is 6.92 Å². The number of aryl methyl sites for hydroxylation is 1. The van der Waals surface area contributed by atoms with Crippen LogP contribution in [0.15, 0.2) is 10.5 Å². The van der Waals surface area contributed by atoms with Gasteiger partial charge in [-0.25, -0.2) is 4.79 Å². The molecule has 0 fully saturated rings. The Balaban J connectivity index is 2.68. The zero-order chi connectivity index (χ0) is 12.8. The summed E-state index contributed by atoms with van der Waals surface area (Å²) in [6, 6.07) is 1.63. The van der Waals surface area contributed by atoms with E-state index in [2.05, 4.69) is 18.7 Å². The standard InChI is InChI=1S/C13H21NO3/c1-4-6-7-14(5-2)9-11-8-12(13(15)16)17-10(11)3/h8H,4-7,9H2,1-3H3,(H,15,16). The van der Waals surface area contributed by atoms with Crippen LogP contribution >= 0.6 is 0 Å². The highest BCUT2D eigenvalue weighted by Crippen LogP contribution is 2.17. The molecule has 0 aromatic carbocycles. The number of furan rings is 1. The number of aromatic carboxylic acids is 1. The molecule has 0 aliphatic rings. The molecule has 0 radical (unpaired) electrons. The van der Waals surface area contributed by atoms with Gasteiger partial charge in [0.15, 0.2) is 0 Å². The molecule has 0 amide bonds. The molecule has 0 saturated heterocycles. The summed E-state index contributed by atoms with van der Waals surface area (Å²) in [5.41, 5.74) is 0.973. The number of rotatable bonds is 7. The highest BCUT2D eigenvalue weighted by atomic mass is 16.4. The summed E-state index contributed by atoms with van der Waals surface area (Å²) in [6.45, 7) is 8.87. The van der Waals surface area contributed by atoms with Crippen LogP contribution in [-0.4, -0.2) is 29.1 Å². The maximum absolute atomic E-state index is 10.8. The number of carboxylic acid groups (broad SMARTS) is 1. The molecule has 1 rings (SSSR count). The molecule has 0 aliphatic carbocycles. The summed E-state index contributed by atoms with van der Waals surface area (Å²) in [7, 11) is 0. The summed E-state index contributed by atoms with van der Waals surface area (Å²) in [6.07, 6.45) is 2.33. The van der Waals surface area contributed by atoms with Crippen molar-refractivity contribution in [3.63, 3.8) is 0 Å². The molecule has 0 atom stereocenters. The molecule has 1 aromatic rings. The lowest BCUT2D eigenvalue weighted by molar-refractivity contribution is 0.0661. The van der Waals surface area contributed by atoms with Crippen molar-refractivity contribution < 1.29 is 14.3 Å². The van der Waals surface area contributed by atoms with Gasteiger partial charge in [0.1, 0.15) is 5.76 Å². The van der Waals surface area contributed by atoms with E-state index >= 15 is 0 Å². The molecular formula is C13H21NO3. The van der Waals surface area contributed by atoms with E-state index in [9.17, 15) is 4.79 Å². The average molecular weight is 239 g/mol. The van der Waals surface area contributed by atoms with Crippen molar-refractivity contribution in [3.8, 4) is 0 Å². The van der Waals surface area contributed by atoms with E-state index in [1.165, 1.54) is 6.42 Å². The lowest BCUT2D eigenvalue weighted by atomic mass is 10.2. The van der Waals surface area contributed by atoms with Gasteiger partial charge in [0.05, 0.1) is 0 Å². The zero-order valence-electron chi connectivity index (χ0n) is 10.8. The number of hydrogen-bond acceptors (Lipinski definition) is 3. The first kappa shape index (κ1) is 13.8. The van der Waals surface area contributed by atoms with Gasteiger partial charge in [-0.05, 0) is 32.5 Å². The average Bonchev–Trinajstić information content (AvgIpc) is 2.66. The number of nitrogens with zero attached hydrogens (tertiary/aromatic N) is 1. The second-order valence-corrected chi connectivity index (χ2v) is 4.22. The van der Waals surface area contributed by atoms with Gasteiger partial charge in [-0.15, -0.1) is 0 Å². The van der Waals surface area contributed by atoms with E-state index in [-0.39, 0.29) is 5.76 Å². The van der Waals surface area contributed by atoms with Gasteiger partial charge in [0.2, 0.25) is 5.76 Å². The Bertz CT molecular complexity index is 371. The van der Waals surface area contributed by atoms with E-state index in [0.29, 0.717) is 5.76 Å². The highest BCUT2D eigenvalue weighted by molar-refractivity contribution is 5.84. The number of hydrogen-bond donors (Lipinski definition) is 1. The van der Waals surface area contributed by atoms with Gasteiger partial charge in [0, 0.05) is 12.1 Å². The summed E-state index contributed by atoms with van der Waals surface area (Å²) >= 11 is 0. The van der Waals surface area contributed by atoms with Crippen molar-refractivity contribution in [2.75, 3.05) is 13.1 Å². The lowest BCUT2D eigenvalue weighted by Crippen LogP contribution is -2.24. The van der Waals surface area contributed by atoms with Crippen LogP contribution in [0.5, 0.6) is 0 Å². The van der Waals surface area contributed by atoms with Crippen LogP contribution in [0.3, 0.4) is 0 Å². The van der Waals surface area contributed by atoms with Crippen molar-refractivity contribution in [1.82, 2.24) is 4.90 Å². The Morgan fingerprint density at radius 1 is 1.47 bits per heavy atom. The predicted molar refractivity (Wildman–Crippen MR) is 66.3 cm³/mol. The van der Waals surface area contributed by atoms with Crippen LogP contribution in [0.4, 0.5) is 0 Å². The molecule has 0 saturated carbocycles. The molecule has 96 valence electrons. The van der Waals surface area contributed by atoms with Crippen LogP contribution in [0.25, 0.3) is 0 Å². The van der Waals surface area contributed by atoms with Crippen LogP contribution in [-0.2, 0) is 6.54 Å². The third-order valence-corrected chi connectivity index (χ3v) is 2.90. The Kier molecular flexibility index (Phi) is 5.22. The fourth-order valence-corrected chi connectivity index (χ4v) is 1.75. The van der Waals surface area contributed by atoms with Crippen LogP contribution < -0.4 is 0 Å². The molecule has 0 aliphatic heterocycles. The summed E-state index contributed by atoms with van der Waals surface area (Å²) < 4.78 is 5.20. The third-order valence-electron chi connectivity index (χ3n) is 2.90. The first-order chi connectivity index (χ1) is 8.08. The molecule has 17 heavy (non-hydrogen) atoms. The monoisotopic (exact) mass is 239 g/mol. The van der Waals surface area contributed by atoms with Crippen LogP contribution in [0.2, 0.25) is 0 Å². The van der Waals surface area contributed by atoms with Gasteiger partial charge < -0.3 is 9.52 Å². The Morgan fingerprint density at radius 2 is 2.18 bits per heavy atom. The topological polar surface area (TPSA) is 53.7 Å². The number of unbranched alkanes of at least 4 members (excludes halogenated alkanes) is 1. The molecule has 1 heterocycles. The second kappa shape index (κ2) is 6.45. The number of carboxylic acids is 1.